The minimum Gasteiger partial charge on any atom is -0.462 e. The topological polar surface area (TPSA) is 107 Å². The summed E-state index contributed by atoms with van der Waals surface area (Å²) in [6.07, 6.45) is -0.426. The van der Waals surface area contributed by atoms with Gasteiger partial charge in [-0.3, -0.25) is 19.2 Å². The largest absolute Gasteiger partial charge is 0.462 e. The predicted octanol–water partition coefficient (Wildman–Crippen LogP) is 3.35. The van der Waals surface area contributed by atoms with Crippen molar-refractivity contribution in [3.63, 3.8) is 0 Å². The van der Waals surface area contributed by atoms with E-state index in [4.69, 9.17) is 4.74 Å². The normalized spacial score (nSPS) is 11.3. The summed E-state index contributed by atoms with van der Waals surface area (Å²) in [6.45, 7) is 2.68. The molecule has 0 aliphatic heterocycles. The first-order valence-corrected chi connectivity index (χ1v) is 10.4. The fourth-order valence-electron chi connectivity index (χ4n) is 2.28. The molecule has 8 nitrogen and oxygen atoms in total. The van der Waals surface area contributed by atoms with Gasteiger partial charge in [-0.15, -0.1) is 0 Å². The fraction of sp³-hybridized carbons (Fsp3) is 0.235. The highest BCUT2D eigenvalue weighted by atomic mass is 127. The minimum atomic E-state index is -4.39. The molecule has 0 N–H and O–H groups in total. The molecule has 0 amide bonds. The summed E-state index contributed by atoms with van der Waals surface area (Å²) in [4.78, 5) is 22.1. The molecule has 0 spiro atoms. The van der Waals surface area contributed by atoms with Crippen LogP contribution in [0.2, 0.25) is 0 Å². The molecule has 0 fully saturated rings. The van der Waals surface area contributed by atoms with Crippen LogP contribution in [-0.4, -0.2) is 32.0 Å². The standard InChI is InChI=1S/C17H17IN2O6S/c1-12(2)26-17(21)11-19(14-9-7-13(18)8-10-14)27(24,25)16-6-4-3-5-15(16)20(22)23/h3-10,12H,11H2,1-2H3. The number of nitro benzene ring substituents is 1. The number of halogens is 1. The molecule has 0 bridgehead atoms. The molecule has 2 rings (SSSR count). The SMILES string of the molecule is CC(C)OC(=O)CN(c1ccc(I)cc1)S(=O)(=O)c1ccccc1[N+](=O)[O-]. The third kappa shape index (κ3) is 5.16. The molecule has 0 aliphatic rings. The van der Waals surface area contributed by atoms with Crippen LogP contribution in [0.25, 0.3) is 0 Å². The van der Waals surface area contributed by atoms with Crippen LogP contribution in [0.5, 0.6) is 0 Å². The van der Waals surface area contributed by atoms with E-state index in [2.05, 4.69) is 22.6 Å². The maximum absolute atomic E-state index is 13.2. The number of ether oxygens (including phenoxy) is 1. The summed E-state index contributed by atoms with van der Waals surface area (Å²) in [7, 11) is -4.39. The summed E-state index contributed by atoms with van der Waals surface area (Å²) < 4.78 is 33.1. The summed E-state index contributed by atoms with van der Waals surface area (Å²) >= 11 is 2.06. The number of benzene rings is 2. The number of para-hydroxylation sites is 1. The van der Waals surface area contributed by atoms with Gasteiger partial charge in [0.25, 0.3) is 15.7 Å². The van der Waals surface area contributed by atoms with E-state index in [0.29, 0.717) is 0 Å². The lowest BCUT2D eigenvalue weighted by Gasteiger charge is -2.24. The van der Waals surface area contributed by atoms with Gasteiger partial charge in [-0.25, -0.2) is 8.42 Å². The number of nitro groups is 1. The summed E-state index contributed by atoms with van der Waals surface area (Å²) in [6, 6.07) is 11.4. The molecular weight excluding hydrogens is 487 g/mol. The van der Waals surface area contributed by atoms with Crippen molar-refractivity contribution in [3.8, 4) is 0 Å². The van der Waals surface area contributed by atoms with E-state index < -0.39 is 44.1 Å². The van der Waals surface area contributed by atoms with Crippen LogP contribution in [0.3, 0.4) is 0 Å². The van der Waals surface area contributed by atoms with Crippen LogP contribution in [0, 0.1) is 13.7 Å². The van der Waals surface area contributed by atoms with Gasteiger partial charge in [-0.2, -0.15) is 0 Å². The molecule has 0 atom stereocenters. The first-order chi connectivity index (χ1) is 12.6. The van der Waals surface area contributed by atoms with Crippen molar-refractivity contribution in [2.24, 2.45) is 0 Å². The quantitative estimate of drug-likeness (QED) is 0.248. The highest BCUT2D eigenvalue weighted by Gasteiger charge is 2.33. The van der Waals surface area contributed by atoms with Crippen molar-refractivity contribution in [1.82, 2.24) is 0 Å². The van der Waals surface area contributed by atoms with Crippen LogP contribution >= 0.6 is 22.6 Å². The van der Waals surface area contributed by atoms with E-state index in [9.17, 15) is 23.3 Å². The van der Waals surface area contributed by atoms with Gasteiger partial charge in [0.15, 0.2) is 4.90 Å². The molecule has 27 heavy (non-hydrogen) atoms. The van der Waals surface area contributed by atoms with Gasteiger partial charge in [-0.05, 0) is 66.8 Å². The summed E-state index contributed by atoms with van der Waals surface area (Å²) in [5.41, 5.74) is -0.362. The molecule has 2 aromatic rings. The Balaban J connectivity index is 2.56. The summed E-state index contributed by atoms with van der Waals surface area (Å²) in [5, 5.41) is 11.3. The summed E-state index contributed by atoms with van der Waals surface area (Å²) in [5.74, 6) is -0.759. The van der Waals surface area contributed by atoms with Crippen LogP contribution in [-0.2, 0) is 19.6 Å². The fourth-order valence-corrected chi connectivity index (χ4v) is 4.21. The Morgan fingerprint density at radius 1 is 1.19 bits per heavy atom. The first-order valence-electron chi connectivity index (χ1n) is 7.84. The zero-order valence-electron chi connectivity index (χ0n) is 14.5. The molecule has 0 aromatic heterocycles. The molecule has 0 aliphatic carbocycles. The monoisotopic (exact) mass is 504 g/mol. The lowest BCUT2D eigenvalue weighted by molar-refractivity contribution is -0.387. The third-order valence-electron chi connectivity index (χ3n) is 3.38. The molecule has 0 unspecified atom stereocenters. The lowest BCUT2D eigenvalue weighted by atomic mass is 10.3. The molecule has 0 heterocycles. The van der Waals surface area contributed by atoms with Crippen molar-refractivity contribution in [3.05, 3.63) is 62.2 Å². The molecular formula is C17H17IN2O6S. The van der Waals surface area contributed by atoms with Crippen molar-refractivity contribution >= 4 is 50.0 Å². The molecule has 2 aromatic carbocycles. The Labute approximate surface area is 170 Å². The molecule has 0 radical (unpaired) electrons. The third-order valence-corrected chi connectivity index (χ3v) is 5.92. The maximum Gasteiger partial charge on any atom is 0.327 e. The van der Waals surface area contributed by atoms with E-state index in [1.807, 2.05) is 0 Å². The second-order valence-corrected chi connectivity index (χ2v) is 8.83. The Morgan fingerprint density at radius 2 is 1.78 bits per heavy atom. The average molecular weight is 504 g/mol. The number of sulfonamides is 1. The second kappa shape index (κ2) is 8.65. The highest BCUT2D eigenvalue weighted by molar-refractivity contribution is 14.1. The Hall–Kier alpha value is -2.21. The van der Waals surface area contributed by atoms with Crippen molar-refractivity contribution < 1.29 is 22.9 Å². The Bertz CT molecular complexity index is 944. The number of carbonyl (C=O) groups excluding carboxylic acids is 1. The molecule has 0 saturated heterocycles. The number of anilines is 1. The maximum atomic E-state index is 13.2. The van der Waals surface area contributed by atoms with E-state index in [1.54, 1.807) is 26.0 Å². The van der Waals surface area contributed by atoms with E-state index in [-0.39, 0.29) is 5.69 Å². The Morgan fingerprint density at radius 3 is 2.33 bits per heavy atom. The van der Waals surface area contributed by atoms with E-state index in [0.717, 1.165) is 20.0 Å². The van der Waals surface area contributed by atoms with Crippen molar-refractivity contribution in [1.29, 1.82) is 0 Å². The zero-order valence-corrected chi connectivity index (χ0v) is 17.5. The van der Waals surface area contributed by atoms with Gasteiger partial charge in [0.1, 0.15) is 6.54 Å². The smallest absolute Gasteiger partial charge is 0.327 e. The predicted molar refractivity (Wildman–Crippen MR) is 108 cm³/mol. The number of rotatable bonds is 7. The number of carbonyl (C=O) groups is 1. The van der Waals surface area contributed by atoms with E-state index >= 15 is 0 Å². The van der Waals surface area contributed by atoms with Crippen LogP contribution in [0.1, 0.15) is 13.8 Å². The average Bonchev–Trinajstić information content (AvgIpc) is 2.60. The lowest BCUT2D eigenvalue weighted by Crippen LogP contribution is -2.37. The number of hydrogen-bond donors (Lipinski definition) is 0. The number of nitrogens with zero attached hydrogens (tertiary/aromatic N) is 2. The van der Waals surface area contributed by atoms with E-state index in [1.165, 1.54) is 24.3 Å². The number of hydrogen-bond acceptors (Lipinski definition) is 6. The van der Waals surface area contributed by atoms with Gasteiger partial charge in [0, 0.05) is 9.64 Å². The van der Waals surface area contributed by atoms with Gasteiger partial charge >= 0.3 is 5.97 Å². The highest BCUT2D eigenvalue weighted by Crippen LogP contribution is 2.30. The Kier molecular flexibility index (Phi) is 6.76. The minimum absolute atomic E-state index is 0.203. The van der Waals surface area contributed by atoms with Gasteiger partial charge in [0.05, 0.1) is 16.7 Å². The second-order valence-electron chi connectivity index (χ2n) is 5.75. The van der Waals surface area contributed by atoms with Gasteiger partial charge < -0.3 is 4.74 Å². The number of esters is 1. The van der Waals surface area contributed by atoms with Crippen LogP contribution in [0.4, 0.5) is 11.4 Å². The zero-order chi connectivity index (χ0) is 20.2. The van der Waals surface area contributed by atoms with Crippen LogP contribution < -0.4 is 4.31 Å². The van der Waals surface area contributed by atoms with Crippen molar-refractivity contribution in [2.75, 3.05) is 10.8 Å². The molecule has 144 valence electrons. The van der Waals surface area contributed by atoms with Crippen molar-refractivity contribution in [2.45, 2.75) is 24.8 Å². The van der Waals surface area contributed by atoms with Gasteiger partial charge in [0.2, 0.25) is 0 Å². The molecule has 0 saturated carbocycles. The molecule has 10 heteroatoms. The van der Waals surface area contributed by atoms with Crippen LogP contribution in [0.15, 0.2) is 53.4 Å². The van der Waals surface area contributed by atoms with Gasteiger partial charge in [-0.1, -0.05) is 12.1 Å². The first kappa shape index (κ1) is 21.1.